The van der Waals surface area contributed by atoms with Crippen molar-refractivity contribution >= 4 is 34.8 Å². The Labute approximate surface area is 168 Å². The Morgan fingerprint density at radius 2 is 1.75 bits per heavy atom. The van der Waals surface area contributed by atoms with Crippen molar-refractivity contribution in [1.29, 1.82) is 0 Å². The summed E-state index contributed by atoms with van der Waals surface area (Å²) in [5.74, 6) is 10.4. The molecule has 0 atom stereocenters. The van der Waals surface area contributed by atoms with E-state index in [-0.39, 0.29) is 11.8 Å². The van der Waals surface area contributed by atoms with Crippen molar-refractivity contribution in [2.45, 2.75) is 25.7 Å². The highest BCUT2D eigenvalue weighted by atomic mass is 35.5. The van der Waals surface area contributed by atoms with Crippen LogP contribution in [0, 0.1) is 0 Å². The number of unbranched alkanes of at least 4 members (excludes halogenated alkanes) is 2. The maximum absolute atomic E-state index is 12.3. The number of benzene rings is 2. The summed E-state index contributed by atoms with van der Waals surface area (Å²) in [5.41, 5.74) is 1.43. The number of amides is 2. The summed E-state index contributed by atoms with van der Waals surface area (Å²) in [5, 5.41) is 11.3. The van der Waals surface area contributed by atoms with Crippen LogP contribution in [0.15, 0.2) is 58.9 Å². The molecule has 2 aromatic carbocycles. The zero-order valence-corrected chi connectivity index (χ0v) is 16.1. The van der Waals surface area contributed by atoms with Gasteiger partial charge in [-0.25, -0.2) is 5.84 Å². The Bertz CT molecular complexity index is 843. The van der Waals surface area contributed by atoms with Crippen molar-refractivity contribution in [2.24, 2.45) is 22.0 Å². The molecule has 0 heterocycles. The SMILES string of the molecule is NN=Nc1ccccc1NC(=O)CCCCCN(N)C(=O)c1ccccc1Cl. The van der Waals surface area contributed by atoms with Crippen molar-refractivity contribution < 1.29 is 9.59 Å². The van der Waals surface area contributed by atoms with Gasteiger partial charge >= 0.3 is 0 Å². The summed E-state index contributed by atoms with van der Waals surface area (Å²) in [6, 6.07) is 13.8. The second kappa shape index (κ2) is 11.0. The van der Waals surface area contributed by atoms with Gasteiger partial charge in [0.05, 0.1) is 16.3 Å². The number of hydrazine groups is 1. The molecule has 0 bridgehead atoms. The van der Waals surface area contributed by atoms with Gasteiger partial charge in [0.25, 0.3) is 5.91 Å². The lowest BCUT2D eigenvalue weighted by molar-refractivity contribution is -0.116. The molecule has 2 aromatic rings. The van der Waals surface area contributed by atoms with Crippen LogP contribution in [-0.2, 0) is 4.79 Å². The average Bonchev–Trinajstić information content (AvgIpc) is 2.69. The zero-order valence-electron chi connectivity index (χ0n) is 15.3. The van der Waals surface area contributed by atoms with Gasteiger partial charge in [0, 0.05) is 13.0 Å². The number of hydrogen-bond donors (Lipinski definition) is 3. The van der Waals surface area contributed by atoms with E-state index in [1.165, 1.54) is 0 Å². The average molecular weight is 403 g/mol. The molecule has 0 aliphatic rings. The standard InChI is InChI=1S/C19H23ClN6O2/c20-15-9-4-3-8-14(15)19(28)26(22)13-7-1-2-12-18(27)23-16-10-5-6-11-17(16)24-25-21/h3-6,8-11H,1-2,7,12-13,22H2,(H2,21,24)(H,23,27). The quantitative estimate of drug-likeness (QED) is 0.194. The first-order chi connectivity index (χ1) is 13.5. The monoisotopic (exact) mass is 402 g/mol. The minimum Gasteiger partial charge on any atom is -0.324 e. The van der Waals surface area contributed by atoms with Gasteiger partial charge in [0.15, 0.2) is 0 Å². The molecule has 0 unspecified atom stereocenters. The lowest BCUT2D eigenvalue weighted by Gasteiger charge is -2.17. The molecule has 28 heavy (non-hydrogen) atoms. The van der Waals surface area contributed by atoms with E-state index in [1.54, 1.807) is 48.5 Å². The second-order valence-corrected chi connectivity index (χ2v) is 6.48. The predicted molar refractivity (Wildman–Crippen MR) is 109 cm³/mol. The molecule has 0 fully saturated rings. The van der Waals surface area contributed by atoms with Crippen LogP contribution in [-0.4, -0.2) is 23.4 Å². The van der Waals surface area contributed by atoms with E-state index in [0.717, 1.165) is 11.4 Å². The Balaban J connectivity index is 1.71. The summed E-state index contributed by atoms with van der Waals surface area (Å²) in [4.78, 5) is 24.3. The highest BCUT2D eigenvalue weighted by molar-refractivity contribution is 6.33. The van der Waals surface area contributed by atoms with Gasteiger partial charge in [-0.2, -0.15) is 0 Å². The van der Waals surface area contributed by atoms with Gasteiger partial charge in [-0.05, 0) is 37.1 Å². The first-order valence-corrected chi connectivity index (χ1v) is 9.21. The van der Waals surface area contributed by atoms with Crippen LogP contribution in [0.1, 0.15) is 36.0 Å². The van der Waals surface area contributed by atoms with Crippen LogP contribution < -0.4 is 17.0 Å². The Morgan fingerprint density at radius 1 is 1.04 bits per heavy atom. The molecule has 2 amide bonds. The molecule has 0 radical (unpaired) electrons. The van der Waals surface area contributed by atoms with E-state index in [0.29, 0.717) is 47.8 Å². The minimum atomic E-state index is -0.325. The molecule has 0 spiro atoms. The van der Waals surface area contributed by atoms with Gasteiger partial charge in [0.1, 0.15) is 5.69 Å². The number of nitrogens with zero attached hydrogens (tertiary/aromatic N) is 3. The fourth-order valence-corrected chi connectivity index (χ4v) is 2.79. The van der Waals surface area contributed by atoms with E-state index in [2.05, 4.69) is 15.7 Å². The van der Waals surface area contributed by atoms with Gasteiger partial charge in [-0.1, -0.05) is 47.5 Å². The van der Waals surface area contributed by atoms with E-state index in [1.807, 2.05) is 0 Å². The largest absolute Gasteiger partial charge is 0.324 e. The molecule has 8 nitrogen and oxygen atoms in total. The lowest BCUT2D eigenvalue weighted by atomic mass is 10.1. The van der Waals surface area contributed by atoms with E-state index >= 15 is 0 Å². The molecule has 148 valence electrons. The molecular weight excluding hydrogens is 380 g/mol. The number of rotatable bonds is 9. The Kier molecular flexibility index (Phi) is 8.38. The molecule has 5 N–H and O–H groups in total. The van der Waals surface area contributed by atoms with Crippen LogP contribution in [0.2, 0.25) is 5.02 Å². The summed E-state index contributed by atoms with van der Waals surface area (Å²) in [6.07, 6.45) is 2.44. The van der Waals surface area contributed by atoms with Crippen LogP contribution in [0.3, 0.4) is 0 Å². The molecule has 0 saturated heterocycles. The van der Waals surface area contributed by atoms with Crippen molar-refractivity contribution in [3.05, 3.63) is 59.1 Å². The third-order valence-corrected chi connectivity index (χ3v) is 4.34. The van der Waals surface area contributed by atoms with E-state index in [9.17, 15) is 9.59 Å². The third kappa shape index (κ3) is 6.33. The highest BCUT2D eigenvalue weighted by Crippen LogP contribution is 2.24. The topological polar surface area (TPSA) is 126 Å². The molecule has 0 aliphatic carbocycles. The first kappa shape index (κ1) is 21.3. The number of anilines is 1. The van der Waals surface area contributed by atoms with E-state index in [4.69, 9.17) is 23.3 Å². The molecule has 9 heteroatoms. The number of hydrogen-bond acceptors (Lipinski definition) is 5. The van der Waals surface area contributed by atoms with Crippen LogP contribution in [0.25, 0.3) is 0 Å². The fraction of sp³-hybridized carbons (Fsp3) is 0.263. The lowest BCUT2D eigenvalue weighted by Crippen LogP contribution is -2.38. The zero-order chi connectivity index (χ0) is 20.4. The summed E-state index contributed by atoms with van der Waals surface area (Å²) >= 11 is 6.01. The number of nitrogens with one attached hydrogen (secondary N) is 1. The number of nitrogens with two attached hydrogens (primary N) is 2. The van der Waals surface area contributed by atoms with Gasteiger partial charge in [-0.3, -0.25) is 14.6 Å². The van der Waals surface area contributed by atoms with Crippen LogP contribution in [0.5, 0.6) is 0 Å². The first-order valence-electron chi connectivity index (χ1n) is 8.84. The van der Waals surface area contributed by atoms with Gasteiger partial charge < -0.3 is 11.2 Å². The van der Waals surface area contributed by atoms with Crippen molar-refractivity contribution in [3.63, 3.8) is 0 Å². The second-order valence-electron chi connectivity index (χ2n) is 6.07. The van der Waals surface area contributed by atoms with E-state index < -0.39 is 0 Å². The molecule has 0 aromatic heterocycles. The van der Waals surface area contributed by atoms with Crippen LogP contribution >= 0.6 is 11.6 Å². The normalized spacial score (nSPS) is 10.8. The molecule has 0 aliphatic heterocycles. The Hall–Kier alpha value is -2.97. The summed E-state index contributed by atoms with van der Waals surface area (Å²) < 4.78 is 0. The van der Waals surface area contributed by atoms with Crippen molar-refractivity contribution in [2.75, 3.05) is 11.9 Å². The number of halogens is 1. The predicted octanol–water partition coefficient (Wildman–Crippen LogP) is 3.81. The minimum absolute atomic E-state index is 0.128. The number of carbonyl (C=O) groups is 2. The van der Waals surface area contributed by atoms with Crippen LogP contribution in [0.4, 0.5) is 11.4 Å². The smallest absolute Gasteiger partial charge is 0.269 e. The maximum Gasteiger partial charge on any atom is 0.269 e. The number of carbonyl (C=O) groups excluding carboxylic acids is 2. The van der Waals surface area contributed by atoms with Gasteiger partial charge in [0.2, 0.25) is 5.91 Å². The fourth-order valence-electron chi connectivity index (χ4n) is 2.58. The molecular formula is C19H23ClN6O2. The molecule has 0 saturated carbocycles. The summed E-state index contributed by atoms with van der Waals surface area (Å²) in [6.45, 7) is 0.380. The summed E-state index contributed by atoms with van der Waals surface area (Å²) in [7, 11) is 0. The number of para-hydroxylation sites is 1. The van der Waals surface area contributed by atoms with Crippen molar-refractivity contribution in [3.8, 4) is 0 Å². The van der Waals surface area contributed by atoms with Crippen molar-refractivity contribution in [1.82, 2.24) is 5.01 Å². The highest BCUT2D eigenvalue weighted by Gasteiger charge is 2.14. The third-order valence-electron chi connectivity index (χ3n) is 4.01. The maximum atomic E-state index is 12.3. The van der Waals surface area contributed by atoms with Gasteiger partial charge in [-0.15, -0.1) is 5.11 Å². The Morgan fingerprint density at radius 3 is 2.50 bits per heavy atom. The molecule has 2 rings (SSSR count).